The van der Waals surface area contributed by atoms with Crippen LogP contribution in [-0.4, -0.2) is 17.6 Å². The smallest absolute Gasteiger partial charge is 0.230 e. The van der Waals surface area contributed by atoms with Gasteiger partial charge in [0.25, 0.3) is 0 Å². The maximum absolute atomic E-state index is 13.5. The summed E-state index contributed by atoms with van der Waals surface area (Å²) in [6.07, 6.45) is 8.73. The second kappa shape index (κ2) is 4.25. The van der Waals surface area contributed by atoms with Crippen molar-refractivity contribution in [3.8, 4) is 5.75 Å². The van der Waals surface area contributed by atoms with Gasteiger partial charge in [0.2, 0.25) is 5.91 Å². The number of allylic oxidation sites excluding steroid dienone is 2. The van der Waals surface area contributed by atoms with E-state index in [9.17, 15) is 9.90 Å². The van der Waals surface area contributed by atoms with Gasteiger partial charge in [0.05, 0.1) is 0 Å². The lowest BCUT2D eigenvalue weighted by Gasteiger charge is -2.48. The highest BCUT2D eigenvalue weighted by atomic mass is 16.3. The standard InChI is InChI=1S/C21H23NO2/c23-14-4-2-13(3-5-14)22-8-7-16-17-11-21(19(16)20(22)24)10-12-1-6-15(17)18(21)9-12/h1-5,15-19,23H,6-11H2. The van der Waals surface area contributed by atoms with E-state index in [4.69, 9.17) is 0 Å². The van der Waals surface area contributed by atoms with Crippen LogP contribution in [0.25, 0.3) is 0 Å². The van der Waals surface area contributed by atoms with E-state index in [2.05, 4.69) is 6.08 Å². The van der Waals surface area contributed by atoms with Crippen LogP contribution in [-0.2, 0) is 4.79 Å². The number of rotatable bonds is 1. The molecule has 1 aromatic carbocycles. The SMILES string of the molecule is O=C1C2C(CCN1c1ccc(O)cc1)C1CC23CC2=CCC1C3C2. The van der Waals surface area contributed by atoms with Crippen LogP contribution in [0.1, 0.15) is 32.1 Å². The Morgan fingerprint density at radius 3 is 2.79 bits per heavy atom. The van der Waals surface area contributed by atoms with Crippen molar-refractivity contribution in [2.24, 2.45) is 35.0 Å². The highest BCUT2D eigenvalue weighted by Gasteiger charge is 2.71. The lowest BCUT2D eigenvalue weighted by molar-refractivity contribution is -0.133. The average molecular weight is 321 g/mol. The van der Waals surface area contributed by atoms with E-state index in [1.54, 1.807) is 17.7 Å². The lowest BCUT2D eigenvalue weighted by atomic mass is 9.59. The van der Waals surface area contributed by atoms with Crippen molar-refractivity contribution in [1.82, 2.24) is 0 Å². The third-order valence-electron chi connectivity index (χ3n) is 8.11. The molecule has 3 nitrogen and oxygen atoms in total. The van der Waals surface area contributed by atoms with Crippen molar-refractivity contribution in [2.75, 3.05) is 11.4 Å². The van der Waals surface area contributed by atoms with Gasteiger partial charge in [-0.15, -0.1) is 0 Å². The number of phenols is 1. The van der Waals surface area contributed by atoms with Gasteiger partial charge in [-0.05, 0) is 85.5 Å². The number of fused-ring (bicyclic) bond motifs is 5. The summed E-state index contributed by atoms with van der Waals surface area (Å²) in [7, 11) is 0. The Hall–Kier alpha value is -1.77. The summed E-state index contributed by atoms with van der Waals surface area (Å²) in [6, 6.07) is 7.15. The fraction of sp³-hybridized carbons (Fsp3) is 0.571. The fourth-order valence-electron chi connectivity index (χ4n) is 7.46. The molecule has 1 aliphatic heterocycles. The molecule has 4 fully saturated rings. The molecule has 0 radical (unpaired) electrons. The summed E-state index contributed by atoms with van der Waals surface area (Å²) in [5.41, 5.74) is 2.88. The van der Waals surface area contributed by atoms with Crippen LogP contribution in [0.4, 0.5) is 5.69 Å². The number of benzene rings is 1. The van der Waals surface area contributed by atoms with Crippen molar-refractivity contribution >= 4 is 11.6 Å². The number of piperidine rings is 1. The molecule has 24 heavy (non-hydrogen) atoms. The van der Waals surface area contributed by atoms with Crippen molar-refractivity contribution in [3.63, 3.8) is 0 Å². The Morgan fingerprint density at radius 2 is 1.96 bits per heavy atom. The van der Waals surface area contributed by atoms with Crippen molar-refractivity contribution in [3.05, 3.63) is 35.9 Å². The van der Waals surface area contributed by atoms with Gasteiger partial charge >= 0.3 is 0 Å². The number of carbonyl (C=O) groups is 1. The quantitative estimate of drug-likeness (QED) is 0.801. The number of hydrogen-bond donors (Lipinski definition) is 1. The molecule has 3 saturated carbocycles. The molecular formula is C21H23NO2. The Balaban J connectivity index is 1.40. The molecule has 4 aliphatic carbocycles. The molecule has 3 heteroatoms. The minimum atomic E-state index is 0.246. The Kier molecular flexibility index (Phi) is 2.39. The molecule has 1 saturated heterocycles. The van der Waals surface area contributed by atoms with Gasteiger partial charge in [0.15, 0.2) is 0 Å². The molecule has 6 unspecified atom stereocenters. The zero-order valence-electron chi connectivity index (χ0n) is 13.8. The summed E-state index contributed by atoms with van der Waals surface area (Å²) < 4.78 is 0. The molecule has 1 spiro atoms. The minimum absolute atomic E-state index is 0.246. The minimum Gasteiger partial charge on any atom is -0.508 e. The molecule has 1 amide bonds. The highest BCUT2D eigenvalue weighted by molar-refractivity contribution is 5.97. The van der Waals surface area contributed by atoms with Gasteiger partial charge in [0, 0.05) is 18.2 Å². The molecule has 1 N–H and O–H groups in total. The van der Waals surface area contributed by atoms with Crippen LogP contribution in [0.3, 0.4) is 0 Å². The molecular weight excluding hydrogens is 298 g/mol. The number of anilines is 1. The van der Waals surface area contributed by atoms with E-state index >= 15 is 0 Å². The van der Waals surface area contributed by atoms with Gasteiger partial charge < -0.3 is 10.0 Å². The number of hydrogen-bond acceptors (Lipinski definition) is 2. The number of amides is 1. The van der Waals surface area contributed by atoms with E-state index in [0.29, 0.717) is 11.8 Å². The first-order valence-corrected chi connectivity index (χ1v) is 9.46. The van der Waals surface area contributed by atoms with Crippen LogP contribution in [0.5, 0.6) is 5.75 Å². The van der Waals surface area contributed by atoms with Gasteiger partial charge in [-0.2, -0.15) is 0 Å². The van der Waals surface area contributed by atoms with E-state index in [-0.39, 0.29) is 17.1 Å². The second-order valence-corrected chi connectivity index (χ2v) is 8.79. The zero-order valence-corrected chi connectivity index (χ0v) is 13.8. The lowest BCUT2D eigenvalue weighted by Crippen LogP contribution is -2.53. The first kappa shape index (κ1) is 13.5. The zero-order chi connectivity index (χ0) is 16.1. The number of nitrogens with zero attached hydrogens (tertiary/aromatic N) is 1. The van der Waals surface area contributed by atoms with Crippen LogP contribution in [0, 0.1) is 35.0 Å². The third kappa shape index (κ3) is 1.43. The molecule has 5 aliphatic rings. The predicted octanol–water partition coefficient (Wildman–Crippen LogP) is 3.74. The monoisotopic (exact) mass is 321 g/mol. The van der Waals surface area contributed by atoms with Gasteiger partial charge in [-0.3, -0.25) is 4.79 Å². The summed E-state index contributed by atoms with van der Waals surface area (Å²) in [5, 5.41) is 9.53. The van der Waals surface area contributed by atoms with Crippen LogP contribution in [0.15, 0.2) is 35.9 Å². The Bertz CT molecular complexity index is 767. The van der Waals surface area contributed by atoms with Gasteiger partial charge in [-0.1, -0.05) is 11.6 Å². The average Bonchev–Trinajstić information content (AvgIpc) is 3.17. The summed E-state index contributed by atoms with van der Waals surface area (Å²) >= 11 is 0. The second-order valence-electron chi connectivity index (χ2n) is 8.79. The van der Waals surface area contributed by atoms with E-state index in [1.165, 1.54) is 25.7 Å². The first-order valence-electron chi connectivity index (χ1n) is 9.46. The molecule has 4 bridgehead atoms. The molecule has 1 heterocycles. The van der Waals surface area contributed by atoms with E-state index in [0.717, 1.165) is 36.4 Å². The molecule has 6 rings (SSSR count). The summed E-state index contributed by atoms with van der Waals surface area (Å²) in [4.78, 5) is 15.5. The topological polar surface area (TPSA) is 40.5 Å². The largest absolute Gasteiger partial charge is 0.508 e. The normalized spacial score (nSPS) is 44.7. The number of aromatic hydroxyl groups is 1. The Labute approximate surface area is 142 Å². The van der Waals surface area contributed by atoms with E-state index in [1.807, 2.05) is 17.0 Å². The van der Waals surface area contributed by atoms with Crippen LogP contribution >= 0.6 is 0 Å². The van der Waals surface area contributed by atoms with Crippen LogP contribution < -0.4 is 4.90 Å². The molecule has 124 valence electrons. The number of carbonyl (C=O) groups excluding carboxylic acids is 1. The third-order valence-corrected chi connectivity index (χ3v) is 8.11. The summed E-state index contributed by atoms with van der Waals surface area (Å²) in [6.45, 7) is 0.842. The van der Waals surface area contributed by atoms with Gasteiger partial charge in [0.1, 0.15) is 5.75 Å². The predicted molar refractivity (Wildman–Crippen MR) is 91.5 cm³/mol. The Morgan fingerprint density at radius 1 is 1.12 bits per heavy atom. The first-order chi connectivity index (χ1) is 11.7. The molecule has 1 aromatic rings. The van der Waals surface area contributed by atoms with Crippen molar-refractivity contribution in [1.29, 1.82) is 0 Å². The molecule has 6 atom stereocenters. The van der Waals surface area contributed by atoms with E-state index < -0.39 is 0 Å². The molecule has 0 aromatic heterocycles. The van der Waals surface area contributed by atoms with Crippen LogP contribution in [0.2, 0.25) is 0 Å². The summed E-state index contributed by atoms with van der Waals surface area (Å²) in [5.74, 6) is 3.94. The van der Waals surface area contributed by atoms with Gasteiger partial charge in [-0.25, -0.2) is 0 Å². The highest BCUT2D eigenvalue weighted by Crippen LogP contribution is 2.75. The maximum Gasteiger partial charge on any atom is 0.230 e. The van der Waals surface area contributed by atoms with Crippen molar-refractivity contribution < 1.29 is 9.90 Å². The maximum atomic E-state index is 13.5. The number of phenolic OH excluding ortho intramolecular Hbond substituents is 1. The van der Waals surface area contributed by atoms with Crippen molar-refractivity contribution in [2.45, 2.75) is 32.1 Å². The fourth-order valence-corrected chi connectivity index (χ4v) is 7.46.